The first-order valence-electron chi connectivity index (χ1n) is 15.8. The van der Waals surface area contributed by atoms with E-state index in [4.69, 9.17) is 16.7 Å². The molecule has 0 rings (SSSR count). The average Bonchev–Trinajstić information content (AvgIpc) is 2.95. The lowest BCUT2D eigenvalue weighted by molar-refractivity contribution is -0.107. The third kappa shape index (κ3) is 41.0. The lowest BCUT2D eigenvalue weighted by atomic mass is 10.1. The summed E-state index contributed by atoms with van der Waals surface area (Å²) in [5.74, 6) is 0. The summed E-state index contributed by atoms with van der Waals surface area (Å²) < 4.78 is 0. The van der Waals surface area contributed by atoms with Crippen molar-refractivity contribution in [1.82, 2.24) is 0 Å². The number of aldehydes is 1. The fourth-order valence-electron chi connectivity index (χ4n) is 3.75. The highest BCUT2D eigenvalue weighted by Gasteiger charge is 2.00. The summed E-state index contributed by atoms with van der Waals surface area (Å²) in [7, 11) is 0. The number of allylic oxidation sites excluding steroid dienone is 12. The number of carbonyl (C=O) groups excluding carboxylic acids is 1. The maximum atomic E-state index is 10.1. The van der Waals surface area contributed by atoms with Crippen molar-refractivity contribution in [1.29, 1.82) is 0 Å². The lowest BCUT2D eigenvalue weighted by Gasteiger charge is -2.04. The number of aliphatic hydroxyl groups is 1. The highest BCUT2D eigenvalue weighted by Crippen LogP contribution is 2.11. The molecule has 0 aliphatic carbocycles. The summed E-state index contributed by atoms with van der Waals surface area (Å²) in [4.78, 5) is 10.1. The van der Waals surface area contributed by atoms with E-state index in [1.54, 1.807) is 0 Å². The zero-order valence-electron chi connectivity index (χ0n) is 25.5. The molecule has 0 amide bonds. The van der Waals surface area contributed by atoms with E-state index < -0.39 is 0 Å². The zero-order chi connectivity index (χ0) is 28.9. The maximum absolute atomic E-state index is 10.1. The predicted octanol–water partition coefficient (Wildman–Crippen LogP) is 11.6. The smallest absolute Gasteiger partial charge is 0.119 e. The molecule has 2 nitrogen and oxygen atoms in total. The third-order valence-electron chi connectivity index (χ3n) is 6.09. The van der Waals surface area contributed by atoms with Gasteiger partial charge in [-0.25, -0.2) is 0 Å². The Morgan fingerprint density at radius 3 is 1.28 bits per heavy atom. The number of alkyl halides is 1. The van der Waals surface area contributed by atoms with Crippen molar-refractivity contribution in [2.75, 3.05) is 6.61 Å². The first kappa shape index (κ1) is 39.5. The van der Waals surface area contributed by atoms with Gasteiger partial charge in [0, 0.05) is 6.42 Å². The van der Waals surface area contributed by atoms with Crippen LogP contribution in [0, 0.1) is 0 Å². The minimum atomic E-state index is -0.0474. The monoisotopic (exact) mass is 560 g/mol. The number of halogens is 1. The molecule has 0 radical (unpaired) electrons. The first-order valence-corrected chi connectivity index (χ1v) is 16.2. The summed E-state index contributed by atoms with van der Waals surface area (Å²) in [5, 5.41) is 8.74. The van der Waals surface area contributed by atoms with Gasteiger partial charge in [-0.2, -0.15) is 0 Å². The molecule has 3 heteroatoms. The first-order chi connectivity index (χ1) is 19.2. The van der Waals surface area contributed by atoms with E-state index in [1.807, 2.05) is 0 Å². The second kappa shape index (κ2) is 38.5. The molecular formula is C36H61ClO2. The Balaban J connectivity index is 0. The molecule has 0 spiro atoms. The standard InChI is InChI=1S/C18H31ClO.C18H30O/c1-2-3-4-5-6-7-8-9-10-11-12-13-14-15-16-18(19)17-20;1-2-3-4-5-6-7-8-9-10-11-12-13-14-15-16-17-18-19/h3-4,6-7,9-10,18,20H,2,5,8,11-17H2,1H3;3-4,6-7,9-10,18H,2,5,8,11-17H2,1H3/b2*4-3-,7-6-,10-9-. The van der Waals surface area contributed by atoms with Crippen LogP contribution in [0.5, 0.6) is 0 Å². The van der Waals surface area contributed by atoms with Gasteiger partial charge < -0.3 is 9.90 Å². The molecule has 0 bridgehead atoms. The largest absolute Gasteiger partial charge is 0.395 e. The van der Waals surface area contributed by atoms with Crippen molar-refractivity contribution >= 4 is 17.9 Å². The van der Waals surface area contributed by atoms with Gasteiger partial charge in [0.25, 0.3) is 0 Å². The molecule has 0 aromatic carbocycles. The molecule has 0 fully saturated rings. The van der Waals surface area contributed by atoms with Gasteiger partial charge in [0.15, 0.2) is 0 Å². The molecule has 0 aliphatic rings. The summed E-state index contributed by atoms with van der Waals surface area (Å²) >= 11 is 5.84. The van der Waals surface area contributed by atoms with E-state index in [0.717, 1.165) is 70.5 Å². The van der Waals surface area contributed by atoms with Gasteiger partial charge in [-0.1, -0.05) is 125 Å². The van der Waals surface area contributed by atoms with Crippen LogP contribution in [-0.2, 0) is 4.79 Å². The Kier molecular flexibility index (Phi) is 39.0. The van der Waals surface area contributed by atoms with Crippen LogP contribution in [-0.4, -0.2) is 23.4 Å². The van der Waals surface area contributed by atoms with Crippen molar-refractivity contribution < 1.29 is 9.90 Å². The van der Waals surface area contributed by atoms with Gasteiger partial charge in [-0.3, -0.25) is 0 Å². The molecule has 224 valence electrons. The van der Waals surface area contributed by atoms with Crippen LogP contribution in [0.25, 0.3) is 0 Å². The Morgan fingerprint density at radius 2 is 0.872 bits per heavy atom. The highest BCUT2D eigenvalue weighted by molar-refractivity contribution is 6.20. The highest BCUT2D eigenvalue weighted by atomic mass is 35.5. The number of rotatable bonds is 26. The number of unbranched alkanes of at least 4 members (excludes halogenated alkanes) is 10. The Morgan fingerprint density at radius 1 is 0.513 bits per heavy atom. The normalized spacial score (nSPS) is 13.0. The summed E-state index contributed by atoms with van der Waals surface area (Å²) in [6, 6.07) is 0. The molecule has 0 aromatic heterocycles. The van der Waals surface area contributed by atoms with Gasteiger partial charge in [0.05, 0.1) is 12.0 Å². The summed E-state index contributed by atoms with van der Waals surface area (Å²) in [6.45, 7) is 4.42. The van der Waals surface area contributed by atoms with E-state index in [0.29, 0.717) is 0 Å². The van der Waals surface area contributed by atoms with Crippen LogP contribution in [0.4, 0.5) is 0 Å². The van der Waals surface area contributed by atoms with Crippen LogP contribution in [0.15, 0.2) is 72.9 Å². The fraction of sp³-hybridized carbons (Fsp3) is 0.639. The second-order valence-corrected chi connectivity index (χ2v) is 10.5. The van der Waals surface area contributed by atoms with E-state index in [2.05, 4.69) is 86.8 Å². The van der Waals surface area contributed by atoms with Crippen molar-refractivity contribution in [3.8, 4) is 0 Å². The molecule has 0 heterocycles. The SMILES string of the molecule is CC/C=C\C/C=C\C/C=C\CCCCCCC(Cl)CO.CC/C=C\C/C=C\C/C=C\CCCCCCCC=O. The molecule has 0 aliphatic heterocycles. The van der Waals surface area contributed by atoms with Gasteiger partial charge in [0.2, 0.25) is 0 Å². The number of hydrogen-bond donors (Lipinski definition) is 1. The van der Waals surface area contributed by atoms with Crippen molar-refractivity contribution in [2.24, 2.45) is 0 Å². The Bertz CT molecular complexity index is 642. The second-order valence-electron chi connectivity index (χ2n) is 9.87. The van der Waals surface area contributed by atoms with Gasteiger partial charge in [-0.15, -0.1) is 11.6 Å². The Hall–Kier alpha value is -1.64. The van der Waals surface area contributed by atoms with Gasteiger partial charge in [-0.05, 0) is 77.0 Å². The quantitative estimate of drug-likeness (QED) is 0.0494. The van der Waals surface area contributed by atoms with E-state index in [-0.39, 0.29) is 12.0 Å². The summed E-state index contributed by atoms with van der Waals surface area (Å²) in [5.41, 5.74) is 0. The minimum Gasteiger partial charge on any atom is -0.395 e. The predicted molar refractivity (Wildman–Crippen MR) is 177 cm³/mol. The van der Waals surface area contributed by atoms with E-state index >= 15 is 0 Å². The minimum absolute atomic E-state index is 0.0474. The van der Waals surface area contributed by atoms with E-state index in [9.17, 15) is 4.79 Å². The average molecular weight is 561 g/mol. The van der Waals surface area contributed by atoms with Crippen molar-refractivity contribution in [3.05, 3.63) is 72.9 Å². The van der Waals surface area contributed by atoms with Crippen molar-refractivity contribution in [2.45, 2.75) is 141 Å². The topological polar surface area (TPSA) is 37.3 Å². The molecular weight excluding hydrogens is 500 g/mol. The van der Waals surface area contributed by atoms with Crippen LogP contribution in [0.1, 0.15) is 136 Å². The molecule has 1 atom stereocenters. The number of aliphatic hydroxyl groups excluding tert-OH is 1. The van der Waals surface area contributed by atoms with Crippen LogP contribution in [0.3, 0.4) is 0 Å². The fourth-order valence-corrected chi connectivity index (χ4v) is 3.90. The van der Waals surface area contributed by atoms with Gasteiger partial charge in [0.1, 0.15) is 6.29 Å². The maximum Gasteiger partial charge on any atom is 0.119 e. The van der Waals surface area contributed by atoms with Gasteiger partial charge >= 0.3 is 0 Å². The van der Waals surface area contributed by atoms with Crippen LogP contribution < -0.4 is 0 Å². The van der Waals surface area contributed by atoms with Crippen LogP contribution in [0.2, 0.25) is 0 Å². The third-order valence-corrected chi connectivity index (χ3v) is 6.45. The van der Waals surface area contributed by atoms with Crippen molar-refractivity contribution in [3.63, 3.8) is 0 Å². The molecule has 39 heavy (non-hydrogen) atoms. The molecule has 0 aromatic rings. The zero-order valence-corrected chi connectivity index (χ0v) is 26.2. The molecule has 0 saturated heterocycles. The molecule has 0 saturated carbocycles. The lowest BCUT2D eigenvalue weighted by Crippen LogP contribution is -2.03. The number of carbonyl (C=O) groups is 1. The number of hydrogen-bond acceptors (Lipinski definition) is 2. The van der Waals surface area contributed by atoms with E-state index in [1.165, 1.54) is 57.8 Å². The summed E-state index contributed by atoms with van der Waals surface area (Å²) in [6.07, 6.45) is 49.3. The Labute approximate surface area is 248 Å². The molecule has 1 unspecified atom stereocenters. The van der Waals surface area contributed by atoms with Crippen LogP contribution >= 0.6 is 11.6 Å². The molecule has 1 N–H and O–H groups in total.